The molecular formula is C10H14N2O2. The number of morpholine rings is 1. The van der Waals surface area contributed by atoms with E-state index in [1.165, 1.54) is 5.69 Å². The van der Waals surface area contributed by atoms with E-state index in [9.17, 15) is 0 Å². The summed E-state index contributed by atoms with van der Waals surface area (Å²) in [7, 11) is 0. The first-order chi connectivity index (χ1) is 6.90. The van der Waals surface area contributed by atoms with Crippen molar-refractivity contribution >= 4 is 5.69 Å². The van der Waals surface area contributed by atoms with Crippen LogP contribution in [0.2, 0.25) is 0 Å². The van der Waals surface area contributed by atoms with E-state index in [0.717, 1.165) is 26.3 Å². The molecule has 4 heteroatoms. The third-order valence-electron chi connectivity index (χ3n) is 2.35. The van der Waals surface area contributed by atoms with Gasteiger partial charge in [-0.25, -0.2) is 0 Å². The Morgan fingerprint density at radius 3 is 2.36 bits per heavy atom. The molecule has 4 nitrogen and oxygen atoms in total. The monoisotopic (exact) mass is 194 g/mol. The lowest BCUT2D eigenvalue weighted by molar-refractivity contribution is 0.122. The van der Waals surface area contributed by atoms with Gasteiger partial charge in [0.05, 0.1) is 13.2 Å². The highest BCUT2D eigenvalue weighted by molar-refractivity contribution is 5.49. The van der Waals surface area contributed by atoms with Gasteiger partial charge < -0.3 is 14.5 Å². The summed E-state index contributed by atoms with van der Waals surface area (Å²) in [4.78, 5) is 6.89. The van der Waals surface area contributed by atoms with Crippen LogP contribution in [-0.4, -0.2) is 26.3 Å². The normalized spacial score (nSPS) is 16.8. The van der Waals surface area contributed by atoms with E-state index in [0.29, 0.717) is 5.75 Å². The lowest BCUT2D eigenvalue weighted by atomic mass is 10.2. The lowest BCUT2D eigenvalue weighted by Crippen LogP contribution is -2.36. The van der Waals surface area contributed by atoms with Gasteiger partial charge in [0.2, 0.25) is 0 Å². The molecule has 0 saturated carbocycles. The molecule has 1 fully saturated rings. The largest absolute Gasteiger partial charge is 0.412 e. The third-order valence-corrected chi connectivity index (χ3v) is 2.35. The van der Waals surface area contributed by atoms with Crippen LogP contribution in [0.15, 0.2) is 24.3 Å². The summed E-state index contributed by atoms with van der Waals surface area (Å²) in [5, 5.41) is 0. The van der Waals surface area contributed by atoms with Crippen LogP contribution in [0.4, 0.5) is 5.69 Å². The van der Waals surface area contributed by atoms with Gasteiger partial charge in [-0.15, -0.1) is 0 Å². The Labute approximate surface area is 83.2 Å². The molecule has 0 amide bonds. The van der Waals surface area contributed by atoms with Crippen LogP contribution in [-0.2, 0) is 4.74 Å². The molecule has 1 saturated heterocycles. The van der Waals surface area contributed by atoms with E-state index >= 15 is 0 Å². The Hall–Kier alpha value is -1.26. The molecular weight excluding hydrogens is 180 g/mol. The number of nitrogens with two attached hydrogens (primary N) is 1. The number of anilines is 1. The molecule has 0 aromatic heterocycles. The number of hydrogen-bond acceptors (Lipinski definition) is 4. The minimum Gasteiger partial charge on any atom is -0.412 e. The van der Waals surface area contributed by atoms with Crippen LogP contribution in [0.3, 0.4) is 0 Å². The fourth-order valence-electron chi connectivity index (χ4n) is 1.56. The van der Waals surface area contributed by atoms with Crippen molar-refractivity contribution in [1.29, 1.82) is 0 Å². The Balaban J connectivity index is 2.07. The minimum atomic E-state index is 0.682. The molecule has 0 unspecified atom stereocenters. The fraction of sp³-hybridized carbons (Fsp3) is 0.400. The Morgan fingerprint density at radius 1 is 1.14 bits per heavy atom. The number of rotatable bonds is 2. The lowest BCUT2D eigenvalue weighted by Gasteiger charge is -2.28. The van der Waals surface area contributed by atoms with Crippen molar-refractivity contribution < 1.29 is 9.57 Å². The van der Waals surface area contributed by atoms with Crippen LogP contribution >= 0.6 is 0 Å². The van der Waals surface area contributed by atoms with Crippen molar-refractivity contribution in [2.75, 3.05) is 31.2 Å². The smallest absolute Gasteiger partial charge is 0.146 e. The molecule has 1 aliphatic heterocycles. The minimum absolute atomic E-state index is 0.682. The summed E-state index contributed by atoms with van der Waals surface area (Å²) >= 11 is 0. The summed E-state index contributed by atoms with van der Waals surface area (Å²) in [6.07, 6.45) is 0. The van der Waals surface area contributed by atoms with Gasteiger partial charge in [-0.1, -0.05) is 0 Å². The first-order valence-electron chi connectivity index (χ1n) is 4.69. The van der Waals surface area contributed by atoms with E-state index in [4.69, 9.17) is 10.6 Å². The van der Waals surface area contributed by atoms with E-state index in [1.54, 1.807) is 0 Å². The quantitative estimate of drug-likeness (QED) is 0.707. The highest BCUT2D eigenvalue weighted by Crippen LogP contribution is 2.19. The first-order valence-corrected chi connectivity index (χ1v) is 4.69. The van der Waals surface area contributed by atoms with E-state index < -0.39 is 0 Å². The maximum atomic E-state index is 5.28. The fourth-order valence-corrected chi connectivity index (χ4v) is 1.56. The second kappa shape index (κ2) is 4.30. The average molecular weight is 194 g/mol. The molecule has 1 heterocycles. The molecule has 1 aromatic rings. The molecule has 76 valence electrons. The van der Waals surface area contributed by atoms with Crippen LogP contribution in [0, 0.1) is 0 Å². The zero-order valence-corrected chi connectivity index (χ0v) is 7.98. The number of hydrogen-bond donors (Lipinski definition) is 1. The van der Waals surface area contributed by atoms with Crippen molar-refractivity contribution in [3.63, 3.8) is 0 Å². The highest BCUT2D eigenvalue weighted by Gasteiger charge is 2.10. The molecule has 2 N–H and O–H groups in total. The SMILES string of the molecule is NOc1ccc(N2CCOCC2)cc1. The molecule has 0 bridgehead atoms. The van der Waals surface area contributed by atoms with Crippen molar-refractivity contribution in [1.82, 2.24) is 0 Å². The number of nitrogens with zero attached hydrogens (tertiary/aromatic N) is 1. The van der Waals surface area contributed by atoms with E-state index in [1.807, 2.05) is 24.3 Å². The topological polar surface area (TPSA) is 47.7 Å². The molecule has 0 atom stereocenters. The summed E-state index contributed by atoms with van der Waals surface area (Å²) in [6.45, 7) is 3.50. The van der Waals surface area contributed by atoms with Crippen molar-refractivity contribution in [2.24, 2.45) is 5.90 Å². The van der Waals surface area contributed by atoms with Gasteiger partial charge in [-0.2, -0.15) is 5.90 Å². The van der Waals surface area contributed by atoms with Gasteiger partial charge in [0.25, 0.3) is 0 Å². The van der Waals surface area contributed by atoms with Crippen LogP contribution in [0.5, 0.6) is 5.75 Å². The predicted octanol–water partition coefficient (Wildman–Crippen LogP) is 0.776. The Morgan fingerprint density at radius 2 is 1.79 bits per heavy atom. The highest BCUT2D eigenvalue weighted by atomic mass is 16.6. The van der Waals surface area contributed by atoms with Gasteiger partial charge >= 0.3 is 0 Å². The maximum Gasteiger partial charge on any atom is 0.146 e. The zero-order chi connectivity index (χ0) is 9.80. The number of ether oxygens (including phenoxy) is 1. The Kier molecular flexibility index (Phi) is 2.86. The van der Waals surface area contributed by atoms with Crippen molar-refractivity contribution in [2.45, 2.75) is 0 Å². The molecule has 0 radical (unpaired) electrons. The second-order valence-corrected chi connectivity index (χ2v) is 3.21. The van der Waals surface area contributed by atoms with Crippen LogP contribution in [0.25, 0.3) is 0 Å². The molecule has 0 spiro atoms. The van der Waals surface area contributed by atoms with Gasteiger partial charge in [0.1, 0.15) is 5.75 Å². The first kappa shape index (κ1) is 9.30. The van der Waals surface area contributed by atoms with Crippen molar-refractivity contribution in [3.05, 3.63) is 24.3 Å². The van der Waals surface area contributed by atoms with Crippen LogP contribution < -0.4 is 15.6 Å². The maximum absolute atomic E-state index is 5.28. The molecule has 0 aliphatic carbocycles. The summed E-state index contributed by atoms with van der Waals surface area (Å²) in [5.41, 5.74) is 1.19. The zero-order valence-electron chi connectivity index (χ0n) is 7.98. The third kappa shape index (κ3) is 1.97. The summed E-state index contributed by atoms with van der Waals surface area (Å²) in [5.74, 6) is 5.73. The number of benzene rings is 1. The van der Waals surface area contributed by atoms with Gasteiger partial charge in [0, 0.05) is 18.8 Å². The summed E-state index contributed by atoms with van der Waals surface area (Å²) in [6, 6.07) is 7.75. The van der Waals surface area contributed by atoms with E-state index in [2.05, 4.69) is 9.74 Å². The molecule has 2 rings (SSSR count). The van der Waals surface area contributed by atoms with Gasteiger partial charge in [0.15, 0.2) is 0 Å². The standard InChI is InChI=1S/C10H14N2O2/c11-14-10-3-1-9(2-4-10)12-5-7-13-8-6-12/h1-4H,5-8,11H2. The van der Waals surface area contributed by atoms with Crippen molar-refractivity contribution in [3.8, 4) is 5.75 Å². The molecule has 14 heavy (non-hydrogen) atoms. The van der Waals surface area contributed by atoms with Gasteiger partial charge in [-0.3, -0.25) is 0 Å². The average Bonchev–Trinajstić information content (AvgIpc) is 2.30. The molecule has 1 aliphatic rings. The van der Waals surface area contributed by atoms with E-state index in [-0.39, 0.29) is 0 Å². The Bertz CT molecular complexity index is 281. The summed E-state index contributed by atoms with van der Waals surface area (Å²) < 4.78 is 5.28. The second-order valence-electron chi connectivity index (χ2n) is 3.21. The molecule has 1 aromatic carbocycles. The predicted molar refractivity (Wildman–Crippen MR) is 54.3 cm³/mol. The van der Waals surface area contributed by atoms with Crippen LogP contribution in [0.1, 0.15) is 0 Å². The van der Waals surface area contributed by atoms with Gasteiger partial charge in [-0.05, 0) is 24.3 Å².